The fourth-order valence-corrected chi connectivity index (χ4v) is 4.22. The molecule has 112 valence electrons. The van der Waals surface area contributed by atoms with E-state index >= 15 is 0 Å². The third kappa shape index (κ3) is 2.95. The molecule has 0 spiro atoms. The van der Waals surface area contributed by atoms with Crippen molar-refractivity contribution in [2.24, 2.45) is 10.3 Å². The fraction of sp³-hybridized carbons (Fsp3) is 0.455. The molecule has 0 bridgehead atoms. The van der Waals surface area contributed by atoms with E-state index in [0.717, 1.165) is 31.7 Å². The highest BCUT2D eigenvalue weighted by atomic mass is 32.2. The lowest BCUT2D eigenvalue weighted by molar-refractivity contribution is 0.592. The number of benzene rings is 1. The van der Waals surface area contributed by atoms with E-state index in [1.165, 1.54) is 6.07 Å². The van der Waals surface area contributed by atoms with Crippen LogP contribution in [-0.2, 0) is 20.0 Å². The molecule has 6 N–H and O–H groups in total. The molecule has 9 heteroatoms. The third-order valence-electron chi connectivity index (χ3n) is 3.55. The average Bonchev–Trinajstić information content (AvgIpc) is 2.78. The standard InChI is InChI=1S/C11H17N3O4S2/c12-9-5-8(7-3-1-2-4-7)10(19(13,15)16)6-11(9)20(14,17)18/h5-7H,1-4,12H2,(H2,13,15,16)(H2,14,17,18). The molecule has 0 amide bonds. The summed E-state index contributed by atoms with van der Waals surface area (Å²) in [7, 11) is -8.15. The largest absolute Gasteiger partial charge is 0.398 e. The molecule has 0 aliphatic heterocycles. The van der Waals surface area contributed by atoms with Crippen LogP contribution < -0.4 is 16.0 Å². The van der Waals surface area contributed by atoms with Crippen molar-refractivity contribution >= 4 is 25.7 Å². The van der Waals surface area contributed by atoms with E-state index in [0.29, 0.717) is 5.56 Å². The second-order valence-corrected chi connectivity index (χ2v) is 8.06. The van der Waals surface area contributed by atoms with E-state index in [-0.39, 0.29) is 16.5 Å². The highest BCUT2D eigenvalue weighted by Crippen LogP contribution is 2.39. The van der Waals surface area contributed by atoms with Crippen LogP contribution in [-0.4, -0.2) is 16.8 Å². The maximum absolute atomic E-state index is 11.7. The van der Waals surface area contributed by atoms with Gasteiger partial charge in [-0.3, -0.25) is 0 Å². The lowest BCUT2D eigenvalue weighted by Gasteiger charge is -2.16. The van der Waals surface area contributed by atoms with Crippen molar-refractivity contribution in [3.63, 3.8) is 0 Å². The number of hydrogen-bond donors (Lipinski definition) is 3. The Bertz CT molecular complexity index is 735. The molecule has 1 saturated carbocycles. The summed E-state index contributed by atoms with van der Waals surface area (Å²) in [5.74, 6) is 0.0279. The molecule has 0 unspecified atom stereocenters. The highest BCUT2D eigenvalue weighted by Gasteiger charge is 2.27. The van der Waals surface area contributed by atoms with Crippen LogP contribution in [0.2, 0.25) is 0 Å². The summed E-state index contributed by atoms with van der Waals surface area (Å²) in [5.41, 5.74) is 6.12. The first-order valence-corrected chi connectivity index (χ1v) is 9.19. The van der Waals surface area contributed by atoms with Crippen LogP contribution in [0.3, 0.4) is 0 Å². The molecule has 1 aliphatic carbocycles. The van der Waals surface area contributed by atoms with Crippen molar-refractivity contribution in [1.82, 2.24) is 0 Å². The number of primary sulfonamides is 2. The molecule has 1 aromatic carbocycles. The monoisotopic (exact) mass is 319 g/mol. The summed E-state index contributed by atoms with van der Waals surface area (Å²) in [4.78, 5) is -0.620. The summed E-state index contributed by atoms with van der Waals surface area (Å²) < 4.78 is 46.3. The minimum absolute atomic E-state index is 0.0279. The van der Waals surface area contributed by atoms with E-state index in [9.17, 15) is 16.8 Å². The van der Waals surface area contributed by atoms with Crippen molar-refractivity contribution < 1.29 is 16.8 Å². The van der Waals surface area contributed by atoms with Crippen molar-refractivity contribution in [3.05, 3.63) is 17.7 Å². The Hall–Kier alpha value is -1.16. The maximum atomic E-state index is 11.7. The third-order valence-corrected chi connectivity index (χ3v) is 5.48. The summed E-state index contributed by atoms with van der Waals surface area (Å²) in [5, 5.41) is 10.2. The molecule has 0 aromatic heterocycles. The first-order valence-electron chi connectivity index (χ1n) is 6.09. The normalized spacial score (nSPS) is 17.5. The van der Waals surface area contributed by atoms with Crippen LogP contribution in [0.4, 0.5) is 5.69 Å². The second kappa shape index (κ2) is 4.99. The average molecular weight is 319 g/mol. The van der Waals surface area contributed by atoms with Crippen molar-refractivity contribution in [1.29, 1.82) is 0 Å². The number of anilines is 1. The van der Waals surface area contributed by atoms with Gasteiger partial charge in [0.1, 0.15) is 4.90 Å². The van der Waals surface area contributed by atoms with E-state index in [1.807, 2.05) is 0 Å². The topological polar surface area (TPSA) is 146 Å². The molecule has 0 atom stereocenters. The van der Waals surface area contributed by atoms with Gasteiger partial charge in [0.05, 0.1) is 10.6 Å². The molecule has 2 rings (SSSR count). The van der Waals surface area contributed by atoms with E-state index < -0.39 is 24.9 Å². The van der Waals surface area contributed by atoms with Gasteiger partial charge in [0.25, 0.3) is 0 Å². The molecular formula is C11H17N3O4S2. The van der Waals surface area contributed by atoms with Gasteiger partial charge in [-0.1, -0.05) is 12.8 Å². The Labute approximate surface area is 118 Å². The SMILES string of the molecule is Nc1cc(C2CCCC2)c(S(N)(=O)=O)cc1S(N)(=O)=O. The predicted octanol–water partition coefficient (Wildman–Crippen LogP) is 0.221. The number of nitrogen functional groups attached to an aromatic ring is 1. The van der Waals surface area contributed by atoms with E-state index in [1.54, 1.807) is 0 Å². The number of rotatable bonds is 3. The second-order valence-electron chi connectivity index (χ2n) is 5.00. The van der Waals surface area contributed by atoms with Crippen LogP contribution >= 0.6 is 0 Å². The van der Waals surface area contributed by atoms with Gasteiger partial charge in [0, 0.05) is 0 Å². The lowest BCUT2D eigenvalue weighted by atomic mass is 9.97. The Morgan fingerprint density at radius 2 is 1.40 bits per heavy atom. The molecule has 0 saturated heterocycles. The van der Waals surface area contributed by atoms with Gasteiger partial charge < -0.3 is 5.73 Å². The quantitative estimate of drug-likeness (QED) is 0.682. The van der Waals surface area contributed by atoms with Gasteiger partial charge >= 0.3 is 0 Å². The van der Waals surface area contributed by atoms with Gasteiger partial charge in [-0.15, -0.1) is 0 Å². The van der Waals surface area contributed by atoms with Crippen LogP contribution in [0.1, 0.15) is 37.2 Å². The molecular weight excluding hydrogens is 302 g/mol. The van der Waals surface area contributed by atoms with Gasteiger partial charge in [0.2, 0.25) is 20.0 Å². The molecule has 1 aliphatic rings. The van der Waals surface area contributed by atoms with Gasteiger partial charge in [-0.2, -0.15) is 0 Å². The smallest absolute Gasteiger partial charge is 0.240 e. The molecule has 0 radical (unpaired) electrons. The molecule has 20 heavy (non-hydrogen) atoms. The van der Waals surface area contributed by atoms with Crippen LogP contribution in [0.25, 0.3) is 0 Å². The van der Waals surface area contributed by atoms with Crippen LogP contribution in [0.5, 0.6) is 0 Å². The summed E-state index contributed by atoms with van der Waals surface area (Å²) >= 11 is 0. The maximum Gasteiger partial charge on any atom is 0.240 e. The molecule has 0 heterocycles. The minimum atomic E-state index is -4.10. The van der Waals surface area contributed by atoms with E-state index in [2.05, 4.69) is 0 Å². The van der Waals surface area contributed by atoms with Crippen molar-refractivity contribution in [2.75, 3.05) is 5.73 Å². The summed E-state index contributed by atoms with van der Waals surface area (Å²) in [6, 6.07) is 2.34. The fourth-order valence-electron chi connectivity index (χ4n) is 2.64. The molecule has 7 nitrogen and oxygen atoms in total. The summed E-state index contributed by atoms with van der Waals surface area (Å²) in [6.45, 7) is 0. The lowest BCUT2D eigenvalue weighted by Crippen LogP contribution is -2.20. The Kier molecular flexibility index (Phi) is 3.80. The van der Waals surface area contributed by atoms with Crippen molar-refractivity contribution in [2.45, 2.75) is 41.4 Å². The van der Waals surface area contributed by atoms with Crippen molar-refractivity contribution in [3.8, 4) is 0 Å². The highest BCUT2D eigenvalue weighted by molar-refractivity contribution is 7.90. The number of nitrogens with two attached hydrogens (primary N) is 3. The first kappa shape index (κ1) is 15.2. The minimum Gasteiger partial charge on any atom is -0.398 e. The Balaban J connectivity index is 2.72. The van der Waals surface area contributed by atoms with Gasteiger partial charge in [-0.05, 0) is 36.5 Å². The summed E-state index contributed by atoms with van der Waals surface area (Å²) in [6.07, 6.45) is 3.64. The van der Waals surface area contributed by atoms with E-state index in [4.69, 9.17) is 16.0 Å². The first-order chi connectivity index (χ1) is 9.10. The number of hydrogen-bond acceptors (Lipinski definition) is 5. The van der Waals surface area contributed by atoms with Gasteiger partial charge in [0.15, 0.2) is 0 Å². The van der Waals surface area contributed by atoms with Crippen LogP contribution in [0.15, 0.2) is 21.9 Å². The predicted molar refractivity (Wildman–Crippen MR) is 74.8 cm³/mol. The zero-order chi connectivity index (χ0) is 15.1. The molecule has 1 fully saturated rings. The Morgan fingerprint density at radius 3 is 1.85 bits per heavy atom. The number of sulfonamides is 2. The zero-order valence-electron chi connectivity index (χ0n) is 10.7. The van der Waals surface area contributed by atoms with Gasteiger partial charge in [-0.25, -0.2) is 27.1 Å². The Morgan fingerprint density at radius 1 is 0.900 bits per heavy atom. The van der Waals surface area contributed by atoms with Crippen LogP contribution in [0, 0.1) is 0 Å². The zero-order valence-corrected chi connectivity index (χ0v) is 12.4. The molecule has 1 aromatic rings.